The third-order valence-corrected chi connectivity index (χ3v) is 6.24. The Morgan fingerprint density at radius 2 is 1.75 bits per heavy atom. The van der Waals surface area contributed by atoms with Gasteiger partial charge in [-0.3, -0.25) is 4.84 Å². The van der Waals surface area contributed by atoms with Crippen LogP contribution in [-0.2, 0) is 19.2 Å². The molecule has 1 saturated carbocycles. The summed E-state index contributed by atoms with van der Waals surface area (Å²) in [4.78, 5) is 31.0. The summed E-state index contributed by atoms with van der Waals surface area (Å²) in [6, 6.07) is 6.99. The minimum atomic E-state index is -1.35. The Labute approximate surface area is 167 Å². The topological polar surface area (TPSA) is 72.8 Å². The molecule has 1 aromatic carbocycles. The normalized spacial score (nSPS) is 21.2. The summed E-state index contributed by atoms with van der Waals surface area (Å²) in [6.45, 7) is 4.89. The molecule has 6 heteroatoms. The number of likely N-dealkylation sites (tertiary alicyclic amines) is 1. The molecule has 6 nitrogen and oxygen atoms in total. The molecule has 28 heavy (non-hydrogen) atoms. The second-order valence-corrected chi connectivity index (χ2v) is 7.96. The van der Waals surface area contributed by atoms with Crippen molar-refractivity contribution >= 4 is 11.9 Å². The predicted molar refractivity (Wildman–Crippen MR) is 104 cm³/mol. The lowest BCUT2D eigenvalue weighted by Crippen LogP contribution is -2.57. The van der Waals surface area contributed by atoms with Crippen LogP contribution in [0.5, 0.6) is 0 Å². The van der Waals surface area contributed by atoms with Gasteiger partial charge in [0.15, 0.2) is 6.10 Å². The Morgan fingerprint density at radius 1 is 1.11 bits per heavy atom. The summed E-state index contributed by atoms with van der Waals surface area (Å²) < 4.78 is 5.05. The fourth-order valence-corrected chi connectivity index (χ4v) is 4.61. The van der Waals surface area contributed by atoms with Gasteiger partial charge in [0.05, 0.1) is 6.61 Å². The number of nitrogens with zero attached hydrogens (tertiary/aromatic N) is 1. The molecular weight excluding hydrogens is 358 g/mol. The molecule has 1 saturated heterocycles. The zero-order chi connectivity index (χ0) is 20.1. The number of hydrogen-bond donors (Lipinski definition) is 1. The van der Waals surface area contributed by atoms with Crippen molar-refractivity contribution in [2.45, 2.75) is 70.4 Å². The molecule has 1 aliphatic heterocycles. The molecule has 1 heterocycles. The summed E-state index contributed by atoms with van der Waals surface area (Å²) in [5.41, 5.74) is 1.66. The van der Waals surface area contributed by atoms with Crippen LogP contribution >= 0.6 is 0 Å². The minimum absolute atomic E-state index is 0.0969. The van der Waals surface area contributed by atoms with E-state index in [2.05, 4.69) is 0 Å². The van der Waals surface area contributed by atoms with Crippen LogP contribution in [0.1, 0.15) is 75.5 Å². The molecule has 0 amide bonds. The maximum Gasteiger partial charge on any atom is 0.399 e. The van der Waals surface area contributed by atoms with E-state index in [1.54, 1.807) is 13.8 Å². The molecule has 2 atom stereocenters. The van der Waals surface area contributed by atoms with Gasteiger partial charge >= 0.3 is 11.9 Å². The molecule has 1 aromatic rings. The van der Waals surface area contributed by atoms with E-state index in [1.165, 1.54) is 12.8 Å². The van der Waals surface area contributed by atoms with Crippen LogP contribution in [0.25, 0.3) is 0 Å². The highest BCUT2D eigenvalue weighted by Crippen LogP contribution is 2.38. The highest BCUT2D eigenvalue weighted by atomic mass is 16.8. The number of aliphatic hydroxyl groups is 1. The highest BCUT2D eigenvalue weighted by Gasteiger charge is 2.48. The summed E-state index contributed by atoms with van der Waals surface area (Å²) in [7, 11) is 0. The fraction of sp³-hybridized carbons (Fsp3) is 0.636. The molecule has 0 aromatic heterocycles. The second kappa shape index (κ2) is 9.05. The molecule has 3 rings (SSSR count). The van der Waals surface area contributed by atoms with E-state index in [0.717, 1.165) is 31.2 Å². The van der Waals surface area contributed by atoms with Crippen LogP contribution < -0.4 is 0 Å². The smallest absolute Gasteiger partial charge is 0.399 e. The number of quaternary nitrogens is 1. The lowest BCUT2D eigenvalue weighted by atomic mass is 9.90. The number of carbonyl (C=O) groups excluding carboxylic acids is 2. The summed E-state index contributed by atoms with van der Waals surface area (Å²) in [5, 5.41) is 10.8. The number of rotatable bonds is 7. The maximum absolute atomic E-state index is 12.9. The van der Waals surface area contributed by atoms with Crippen molar-refractivity contribution in [3.8, 4) is 0 Å². The number of benzene rings is 1. The molecule has 0 radical (unpaired) electrons. The van der Waals surface area contributed by atoms with Crippen molar-refractivity contribution in [2.75, 3.05) is 19.7 Å². The van der Waals surface area contributed by atoms with Gasteiger partial charge in [0.25, 0.3) is 0 Å². The summed E-state index contributed by atoms with van der Waals surface area (Å²) >= 11 is 0. The standard InChI is InChI=1S/C22H32NO5/c1-3-27-21(25)16(2)23(14-8-9-15-23)28-22(26)20(24)19-13-7-6-12-18(19)17-10-4-5-11-17/h6-7,12-13,16-17,20,24H,3-5,8-11,14-15H2,1-2H3/q+1/t16?,20-/m1/s1. The third-order valence-electron chi connectivity index (χ3n) is 6.24. The average molecular weight is 391 g/mol. The van der Waals surface area contributed by atoms with Crippen molar-refractivity contribution in [1.29, 1.82) is 0 Å². The van der Waals surface area contributed by atoms with Crippen molar-refractivity contribution in [2.24, 2.45) is 0 Å². The van der Waals surface area contributed by atoms with Crippen LogP contribution in [0.4, 0.5) is 0 Å². The summed E-state index contributed by atoms with van der Waals surface area (Å²) in [5.74, 6) is -0.687. The van der Waals surface area contributed by atoms with Gasteiger partial charge in [0.1, 0.15) is 13.1 Å². The second-order valence-electron chi connectivity index (χ2n) is 7.96. The van der Waals surface area contributed by atoms with Gasteiger partial charge < -0.3 is 9.84 Å². The molecule has 2 aliphatic rings. The first-order valence-electron chi connectivity index (χ1n) is 10.5. The monoisotopic (exact) mass is 390 g/mol. The van der Waals surface area contributed by atoms with Gasteiger partial charge in [0, 0.05) is 19.8 Å². The number of ether oxygens (including phenoxy) is 1. The largest absolute Gasteiger partial charge is 0.461 e. The molecular formula is C22H32NO5+. The van der Waals surface area contributed by atoms with Crippen LogP contribution in [0.2, 0.25) is 0 Å². The van der Waals surface area contributed by atoms with E-state index in [4.69, 9.17) is 9.57 Å². The van der Waals surface area contributed by atoms with Gasteiger partial charge in [-0.05, 0) is 36.8 Å². The Balaban J connectivity index is 1.78. The molecule has 154 valence electrons. The molecule has 0 bridgehead atoms. The number of esters is 1. The van der Waals surface area contributed by atoms with Crippen molar-refractivity contribution < 1.29 is 28.9 Å². The SMILES string of the molecule is CCOC(=O)C(C)[N+]1(OC(=O)[C@H](O)c2ccccc2C2CCCC2)CCCC1. The molecule has 0 spiro atoms. The molecule has 1 unspecified atom stereocenters. The zero-order valence-corrected chi connectivity index (χ0v) is 16.9. The first-order chi connectivity index (χ1) is 13.5. The van der Waals surface area contributed by atoms with Crippen LogP contribution in [0, 0.1) is 0 Å². The van der Waals surface area contributed by atoms with Crippen LogP contribution in [-0.4, -0.2) is 47.4 Å². The van der Waals surface area contributed by atoms with E-state index in [1.807, 2.05) is 24.3 Å². The Morgan fingerprint density at radius 3 is 2.39 bits per heavy atom. The maximum atomic E-state index is 12.9. The van der Waals surface area contributed by atoms with E-state index in [9.17, 15) is 14.7 Å². The molecule has 1 N–H and O–H groups in total. The van der Waals surface area contributed by atoms with E-state index in [-0.39, 0.29) is 17.2 Å². The first kappa shape index (κ1) is 20.8. The molecule has 1 aliphatic carbocycles. The van der Waals surface area contributed by atoms with Crippen molar-refractivity contribution in [3.63, 3.8) is 0 Å². The predicted octanol–water partition coefficient (Wildman–Crippen LogP) is 3.40. The van der Waals surface area contributed by atoms with Crippen LogP contribution in [0.3, 0.4) is 0 Å². The Hall–Kier alpha value is -1.92. The minimum Gasteiger partial charge on any atom is -0.461 e. The fourth-order valence-electron chi connectivity index (χ4n) is 4.61. The van der Waals surface area contributed by atoms with Crippen molar-refractivity contribution in [3.05, 3.63) is 35.4 Å². The van der Waals surface area contributed by atoms with Gasteiger partial charge in [-0.1, -0.05) is 37.1 Å². The zero-order valence-electron chi connectivity index (χ0n) is 16.9. The quantitative estimate of drug-likeness (QED) is 0.571. The Kier molecular flexibility index (Phi) is 6.73. The van der Waals surface area contributed by atoms with E-state index < -0.39 is 18.1 Å². The van der Waals surface area contributed by atoms with Crippen LogP contribution in [0.15, 0.2) is 24.3 Å². The van der Waals surface area contributed by atoms with Gasteiger partial charge in [-0.2, -0.15) is 0 Å². The van der Waals surface area contributed by atoms with Gasteiger partial charge in [0.2, 0.25) is 6.04 Å². The number of carbonyl (C=O) groups is 2. The van der Waals surface area contributed by atoms with E-state index in [0.29, 0.717) is 24.6 Å². The lowest BCUT2D eigenvalue weighted by molar-refractivity contribution is -1.09. The van der Waals surface area contributed by atoms with E-state index >= 15 is 0 Å². The van der Waals surface area contributed by atoms with Gasteiger partial charge in [-0.15, -0.1) is 4.65 Å². The lowest BCUT2D eigenvalue weighted by Gasteiger charge is -2.34. The molecule has 2 fully saturated rings. The highest BCUT2D eigenvalue weighted by molar-refractivity contribution is 5.77. The van der Waals surface area contributed by atoms with Crippen molar-refractivity contribution in [1.82, 2.24) is 0 Å². The Bertz CT molecular complexity index is 692. The third kappa shape index (κ3) is 4.23. The number of hydroxylamine groups is 3. The summed E-state index contributed by atoms with van der Waals surface area (Å²) in [6.07, 6.45) is 4.91. The number of aliphatic hydroxyl groups excluding tert-OH is 1. The first-order valence-corrected chi connectivity index (χ1v) is 10.5. The average Bonchev–Trinajstić information content (AvgIpc) is 3.40. The van der Waals surface area contributed by atoms with Gasteiger partial charge in [-0.25, -0.2) is 9.59 Å². The number of hydrogen-bond acceptors (Lipinski definition) is 5.